The predicted molar refractivity (Wildman–Crippen MR) is 141 cm³/mol. The molecule has 1 N–H and O–H groups in total. The number of aromatic nitrogens is 4. The second kappa shape index (κ2) is 11.5. The lowest BCUT2D eigenvalue weighted by molar-refractivity contribution is -0.130. The fraction of sp³-hybridized carbons (Fsp3) is 0.333. The third-order valence-electron chi connectivity index (χ3n) is 5.78. The number of rotatable bonds is 9. The summed E-state index contributed by atoms with van der Waals surface area (Å²) in [5.41, 5.74) is 1.99. The topological polar surface area (TPSA) is 87.4 Å². The van der Waals surface area contributed by atoms with Gasteiger partial charge in [0.2, 0.25) is 5.91 Å². The van der Waals surface area contributed by atoms with Crippen LogP contribution in [-0.2, 0) is 10.5 Å². The highest BCUT2D eigenvalue weighted by molar-refractivity contribution is 8.00. The minimum absolute atomic E-state index is 0.103. The van der Waals surface area contributed by atoms with E-state index >= 15 is 0 Å². The Kier molecular flexibility index (Phi) is 7.99. The van der Waals surface area contributed by atoms with Crippen LogP contribution in [0.4, 0.5) is 0 Å². The molecule has 35 heavy (non-hydrogen) atoms. The van der Waals surface area contributed by atoms with E-state index in [2.05, 4.69) is 21.2 Å². The summed E-state index contributed by atoms with van der Waals surface area (Å²) in [6.07, 6.45) is 0. The van der Waals surface area contributed by atoms with Crippen molar-refractivity contribution in [1.82, 2.24) is 29.5 Å². The van der Waals surface area contributed by atoms with Gasteiger partial charge < -0.3 is 10.0 Å². The highest BCUT2D eigenvalue weighted by atomic mass is 32.2. The Morgan fingerprint density at radius 3 is 2.51 bits per heavy atom. The number of fused-ring (bicyclic) bond motifs is 1. The Hall–Kier alpha value is -2.44. The fourth-order valence-corrected chi connectivity index (χ4v) is 6.80. The number of nitrogens with zero attached hydrogens (tertiary/aromatic N) is 6. The zero-order chi connectivity index (χ0) is 24.0. The molecule has 0 unspecified atom stereocenters. The standard InChI is InChI=1S/C24H26N6O2S3/c31-15-14-28-10-12-29(13-11-28)22(32)17-33-23-27-26-21(30(23)18-6-2-1-3-7-18)16-34-24-25-19-8-4-5-9-20(19)35-24/h1-9,31H,10-17H2. The third-order valence-corrected chi connectivity index (χ3v) is 8.87. The van der Waals surface area contributed by atoms with Gasteiger partial charge in [-0.2, -0.15) is 0 Å². The second-order valence-corrected chi connectivity index (χ2v) is 11.2. The molecule has 2 aromatic carbocycles. The van der Waals surface area contributed by atoms with Crippen molar-refractivity contribution in [3.8, 4) is 5.69 Å². The second-order valence-electron chi connectivity index (χ2n) is 8.04. The average Bonchev–Trinajstić information content (AvgIpc) is 3.50. The van der Waals surface area contributed by atoms with Gasteiger partial charge in [0.1, 0.15) is 5.82 Å². The van der Waals surface area contributed by atoms with Crippen molar-refractivity contribution < 1.29 is 9.90 Å². The largest absolute Gasteiger partial charge is 0.395 e. The number of benzene rings is 2. The number of β-amino-alcohol motifs (C(OH)–C–C–N with tert-alkyl or cyclic N) is 1. The van der Waals surface area contributed by atoms with E-state index in [0.29, 0.717) is 36.3 Å². The summed E-state index contributed by atoms with van der Waals surface area (Å²) in [6, 6.07) is 18.2. The summed E-state index contributed by atoms with van der Waals surface area (Å²) >= 11 is 4.75. The molecule has 1 saturated heterocycles. The van der Waals surface area contributed by atoms with Gasteiger partial charge in [-0.3, -0.25) is 14.3 Å². The highest BCUT2D eigenvalue weighted by Gasteiger charge is 2.22. The molecule has 0 radical (unpaired) electrons. The van der Waals surface area contributed by atoms with Gasteiger partial charge in [-0.15, -0.1) is 21.5 Å². The number of hydrogen-bond donors (Lipinski definition) is 1. The van der Waals surface area contributed by atoms with Gasteiger partial charge in [0.15, 0.2) is 9.50 Å². The van der Waals surface area contributed by atoms with E-state index in [-0.39, 0.29) is 12.5 Å². The summed E-state index contributed by atoms with van der Waals surface area (Å²) in [5, 5.41) is 18.7. The van der Waals surface area contributed by atoms with E-state index in [1.165, 1.54) is 16.5 Å². The molecule has 1 aliphatic heterocycles. The number of thioether (sulfide) groups is 2. The fourth-order valence-electron chi connectivity index (χ4n) is 3.94. The van der Waals surface area contributed by atoms with Crippen molar-refractivity contribution in [3.05, 3.63) is 60.4 Å². The molecule has 0 saturated carbocycles. The first-order valence-electron chi connectivity index (χ1n) is 11.4. The van der Waals surface area contributed by atoms with Crippen LogP contribution < -0.4 is 0 Å². The van der Waals surface area contributed by atoms with Crippen molar-refractivity contribution >= 4 is 51.0 Å². The zero-order valence-electron chi connectivity index (χ0n) is 19.1. The maximum atomic E-state index is 12.9. The number of carbonyl (C=O) groups is 1. The number of piperazine rings is 1. The lowest BCUT2D eigenvalue weighted by Crippen LogP contribution is -2.49. The molecule has 5 rings (SSSR count). The molecule has 4 aromatic rings. The Bertz CT molecular complexity index is 1240. The molecule has 3 heterocycles. The van der Waals surface area contributed by atoms with E-state index in [0.717, 1.165) is 34.5 Å². The van der Waals surface area contributed by atoms with Crippen LogP contribution in [0, 0.1) is 0 Å². The Balaban J connectivity index is 1.27. The number of aliphatic hydroxyl groups is 1. The van der Waals surface area contributed by atoms with Crippen LogP contribution in [0.25, 0.3) is 15.9 Å². The molecule has 182 valence electrons. The Labute approximate surface area is 216 Å². The van der Waals surface area contributed by atoms with Gasteiger partial charge >= 0.3 is 0 Å². The first kappa shape index (κ1) is 24.3. The molecule has 2 aromatic heterocycles. The lowest BCUT2D eigenvalue weighted by Gasteiger charge is -2.34. The van der Waals surface area contributed by atoms with Crippen molar-refractivity contribution in [3.63, 3.8) is 0 Å². The van der Waals surface area contributed by atoms with Crippen LogP contribution in [0.3, 0.4) is 0 Å². The monoisotopic (exact) mass is 526 g/mol. The summed E-state index contributed by atoms with van der Waals surface area (Å²) < 4.78 is 4.21. The van der Waals surface area contributed by atoms with Gasteiger partial charge in [0, 0.05) is 38.4 Å². The number of thiazole rings is 1. The van der Waals surface area contributed by atoms with Crippen LogP contribution in [0.2, 0.25) is 0 Å². The van der Waals surface area contributed by atoms with Crippen molar-refractivity contribution in [2.75, 3.05) is 45.1 Å². The van der Waals surface area contributed by atoms with E-state index in [1.54, 1.807) is 23.1 Å². The van der Waals surface area contributed by atoms with Gasteiger partial charge in [-0.05, 0) is 24.3 Å². The summed E-state index contributed by atoms with van der Waals surface area (Å²) in [4.78, 5) is 21.6. The molecular formula is C24H26N6O2S3. The molecule has 8 nitrogen and oxygen atoms in total. The lowest BCUT2D eigenvalue weighted by atomic mass is 10.3. The first-order valence-corrected chi connectivity index (χ1v) is 14.2. The van der Waals surface area contributed by atoms with Crippen LogP contribution in [0.1, 0.15) is 5.82 Å². The van der Waals surface area contributed by atoms with E-state index in [1.807, 2.05) is 58.0 Å². The minimum atomic E-state index is 0.103. The van der Waals surface area contributed by atoms with E-state index in [4.69, 9.17) is 10.1 Å². The Morgan fingerprint density at radius 2 is 1.74 bits per heavy atom. The molecular weight excluding hydrogens is 501 g/mol. The number of para-hydroxylation sites is 2. The predicted octanol–water partition coefficient (Wildman–Crippen LogP) is 3.40. The van der Waals surface area contributed by atoms with E-state index in [9.17, 15) is 4.79 Å². The number of amides is 1. The van der Waals surface area contributed by atoms with E-state index < -0.39 is 0 Å². The minimum Gasteiger partial charge on any atom is -0.395 e. The summed E-state index contributed by atoms with van der Waals surface area (Å²) in [7, 11) is 0. The number of hydrogen-bond acceptors (Lipinski definition) is 9. The normalized spacial score (nSPS) is 14.6. The average molecular weight is 527 g/mol. The van der Waals surface area contributed by atoms with Crippen molar-refractivity contribution in [1.29, 1.82) is 0 Å². The first-order chi connectivity index (χ1) is 17.2. The van der Waals surface area contributed by atoms with Gasteiger partial charge in [0.05, 0.1) is 28.3 Å². The molecule has 0 bridgehead atoms. The van der Waals surface area contributed by atoms with Gasteiger partial charge in [-0.25, -0.2) is 4.98 Å². The molecule has 0 atom stereocenters. The molecule has 1 aliphatic rings. The number of aliphatic hydroxyl groups excluding tert-OH is 1. The number of carbonyl (C=O) groups excluding carboxylic acids is 1. The SMILES string of the molecule is O=C(CSc1nnc(CSc2nc3ccccc3s2)n1-c1ccccc1)N1CCN(CCO)CC1. The van der Waals surface area contributed by atoms with Gasteiger partial charge in [0.25, 0.3) is 0 Å². The molecule has 1 amide bonds. The summed E-state index contributed by atoms with van der Waals surface area (Å²) in [5.74, 6) is 1.87. The molecule has 0 aliphatic carbocycles. The molecule has 11 heteroatoms. The quantitative estimate of drug-likeness (QED) is 0.332. The molecule has 1 fully saturated rings. The molecule has 0 spiro atoms. The maximum absolute atomic E-state index is 12.9. The van der Waals surface area contributed by atoms with Gasteiger partial charge in [-0.1, -0.05) is 53.9 Å². The van der Waals surface area contributed by atoms with Crippen LogP contribution in [0.5, 0.6) is 0 Å². The van der Waals surface area contributed by atoms with Crippen LogP contribution in [-0.4, -0.2) is 85.6 Å². The van der Waals surface area contributed by atoms with Crippen LogP contribution in [0.15, 0.2) is 64.1 Å². The van der Waals surface area contributed by atoms with Crippen molar-refractivity contribution in [2.45, 2.75) is 15.2 Å². The van der Waals surface area contributed by atoms with Crippen LogP contribution >= 0.6 is 34.9 Å². The third kappa shape index (κ3) is 5.87. The van der Waals surface area contributed by atoms with Crippen molar-refractivity contribution in [2.24, 2.45) is 0 Å². The Morgan fingerprint density at radius 1 is 0.971 bits per heavy atom. The zero-order valence-corrected chi connectivity index (χ0v) is 21.6. The maximum Gasteiger partial charge on any atom is 0.233 e. The summed E-state index contributed by atoms with van der Waals surface area (Å²) in [6.45, 7) is 3.78. The highest BCUT2D eigenvalue weighted by Crippen LogP contribution is 2.32. The smallest absolute Gasteiger partial charge is 0.233 e.